The molecule has 7 heteroatoms. The van der Waals surface area contributed by atoms with Crippen molar-refractivity contribution in [3.05, 3.63) is 47.5 Å². The van der Waals surface area contributed by atoms with E-state index < -0.39 is 13.2 Å². The van der Waals surface area contributed by atoms with E-state index in [0.29, 0.717) is 5.56 Å². The normalized spacial score (nSPS) is 12.6. The molecule has 0 aliphatic carbocycles. The van der Waals surface area contributed by atoms with Crippen molar-refractivity contribution in [2.75, 3.05) is 0 Å². The van der Waals surface area contributed by atoms with Crippen LogP contribution in [0.3, 0.4) is 0 Å². The van der Waals surface area contributed by atoms with Crippen molar-refractivity contribution in [3.63, 3.8) is 0 Å². The number of fused-ring (bicyclic) bond motifs is 1. The number of thiol groups is 1. The lowest BCUT2D eigenvalue weighted by Gasteiger charge is -2.28. The predicted octanol–water partition coefficient (Wildman–Crippen LogP) is 3.57. The minimum absolute atomic E-state index is 0.201. The highest BCUT2D eigenvalue weighted by Gasteiger charge is 2.28. The number of phosphoric acid groups is 1. The highest BCUT2D eigenvalue weighted by Crippen LogP contribution is 2.41. The molecule has 0 aliphatic rings. The number of carbonyl (C=O) groups is 1. The van der Waals surface area contributed by atoms with Crippen molar-refractivity contribution < 1.29 is 23.7 Å². The summed E-state index contributed by atoms with van der Waals surface area (Å²) in [6.45, 7) is 3.59. The molecule has 124 valence electrons. The zero-order valence-electron chi connectivity index (χ0n) is 12.9. The van der Waals surface area contributed by atoms with Gasteiger partial charge in [-0.05, 0) is 27.3 Å². The first kappa shape index (κ1) is 18.2. The highest BCUT2D eigenvalue weighted by molar-refractivity contribution is 7.96. The number of benzene rings is 2. The third-order valence-electron chi connectivity index (χ3n) is 3.67. The largest absolute Gasteiger partial charge is 0.469 e. The van der Waals surface area contributed by atoms with Gasteiger partial charge < -0.3 is 9.79 Å². The van der Waals surface area contributed by atoms with Gasteiger partial charge in [0, 0.05) is 6.42 Å². The average molecular weight is 354 g/mol. The summed E-state index contributed by atoms with van der Waals surface area (Å²) >= 11 is 3.87. The summed E-state index contributed by atoms with van der Waals surface area (Å²) in [6.07, 6.45) is 0.201. The molecule has 0 atom stereocenters. The molecule has 5 nitrogen and oxygen atoms in total. The molecule has 0 amide bonds. The van der Waals surface area contributed by atoms with Gasteiger partial charge in [-0.25, -0.2) is 4.57 Å². The first-order chi connectivity index (χ1) is 10.6. The molecule has 23 heavy (non-hydrogen) atoms. The summed E-state index contributed by atoms with van der Waals surface area (Å²) in [7, 11) is -4.57. The Morgan fingerprint density at radius 1 is 1.22 bits per heavy atom. The summed E-state index contributed by atoms with van der Waals surface area (Å²) in [5.41, 5.74) is 0.936. The molecule has 2 rings (SSSR count). The molecule has 0 aromatic heterocycles. The maximum Gasteiger partial charge on any atom is 0.469 e. The summed E-state index contributed by atoms with van der Waals surface area (Å²) in [6, 6.07) is 11.3. The molecular formula is C16H19O5PS. The monoisotopic (exact) mass is 354 g/mol. The Labute approximate surface area is 140 Å². The van der Waals surface area contributed by atoms with Crippen LogP contribution in [0.5, 0.6) is 0 Å². The van der Waals surface area contributed by atoms with Crippen LogP contribution >= 0.6 is 20.5 Å². The molecule has 0 bridgehead atoms. The Morgan fingerprint density at radius 3 is 2.48 bits per heavy atom. The smallest absolute Gasteiger partial charge is 0.303 e. The Bertz CT molecular complexity index is 781. The van der Waals surface area contributed by atoms with Crippen LogP contribution in [0.2, 0.25) is 0 Å². The van der Waals surface area contributed by atoms with E-state index in [4.69, 9.17) is 9.79 Å². The lowest BCUT2D eigenvalue weighted by Crippen LogP contribution is -2.22. The van der Waals surface area contributed by atoms with Crippen LogP contribution < -0.4 is 0 Å². The number of phosphoric ester groups is 1. The maximum absolute atomic E-state index is 11.5. The van der Waals surface area contributed by atoms with E-state index in [0.717, 1.165) is 16.3 Å². The second-order valence-corrected chi connectivity index (χ2v) is 7.78. The Kier molecular flexibility index (Phi) is 5.33. The SMILES string of the molecule is CC(C)(CC(=O)S)c1c(COP(=O)(O)O)ccc2ccccc12. The Balaban J connectivity index is 2.60. The topological polar surface area (TPSA) is 83.8 Å². The van der Waals surface area contributed by atoms with E-state index in [1.54, 1.807) is 6.07 Å². The summed E-state index contributed by atoms with van der Waals surface area (Å²) < 4.78 is 15.7. The molecule has 0 saturated carbocycles. The fourth-order valence-electron chi connectivity index (χ4n) is 2.86. The van der Waals surface area contributed by atoms with Crippen LogP contribution in [0.1, 0.15) is 31.4 Å². The number of hydrogen-bond donors (Lipinski definition) is 3. The van der Waals surface area contributed by atoms with Gasteiger partial charge >= 0.3 is 7.82 Å². The fourth-order valence-corrected chi connectivity index (χ4v) is 3.56. The van der Waals surface area contributed by atoms with Crippen LogP contribution in [0, 0.1) is 0 Å². The highest BCUT2D eigenvalue weighted by atomic mass is 32.1. The van der Waals surface area contributed by atoms with E-state index >= 15 is 0 Å². The first-order valence-electron chi connectivity index (χ1n) is 7.03. The molecular weight excluding hydrogens is 335 g/mol. The van der Waals surface area contributed by atoms with E-state index in [-0.39, 0.29) is 18.1 Å². The lowest BCUT2D eigenvalue weighted by atomic mass is 9.77. The van der Waals surface area contributed by atoms with Crippen molar-refractivity contribution in [2.45, 2.75) is 32.3 Å². The first-order valence-corrected chi connectivity index (χ1v) is 9.01. The molecule has 2 aromatic rings. The lowest BCUT2D eigenvalue weighted by molar-refractivity contribution is -0.111. The van der Waals surface area contributed by atoms with Crippen molar-refractivity contribution >= 4 is 36.3 Å². The standard InChI is InChI=1S/C16H19O5PS/c1-16(2,9-14(17)23)15-12(10-21-22(18,19)20)8-7-11-5-3-4-6-13(11)15/h3-8H,9-10H2,1-2H3,(H,17,23)(H2,18,19,20). The molecule has 0 saturated heterocycles. The van der Waals surface area contributed by atoms with Crippen molar-refractivity contribution in [1.29, 1.82) is 0 Å². The molecule has 0 radical (unpaired) electrons. The molecule has 0 heterocycles. The van der Waals surface area contributed by atoms with Gasteiger partial charge in [-0.15, -0.1) is 12.6 Å². The number of carbonyl (C=O) groups excluding carboxylic acids is 1. The van der Waals surface area contributed by atoms with E-state index in [9.17, 15) is 9.36 Å². The zero-order valence-corrected chi connectivity index (χ0v) is 14.7. The van der Waals surface area contributed by atoms with Gasteiger partial charge in [0.05, 0.1) is 6.61 Å². The van der Waals surface area contributed by atoms with E-state index in [2.05, 4.69) is 17.2 Å². The van der Waals surface area contributed by atoms with Gasteiger partial charge in [0.2, 0.25) is 0 Å². The van der Waals surface area contributed by atoms with Crippen molar-refractivity contribution in [3.8, 4) is 0 Å². The maximum atomic E-state index is 11.5. The summed E-state index contributed by atoms with van der Waals surface area (Å²) in [4.78, 5) is 29.4. The third-order valence-corrected chi connectivity index (χ3v) is 4.30. The molecule has 0 unspecified atom stereocenters. The quantitative estimate of drug-likeness (QED) is 0.546. The molecule has 0 aliphatic heterocycles. The zero-order chi connectivity index (χ0) is 17.3. The number of rotatable bonds is 6. The Hall–Kier alpha value is -1.17. The fraction of sp³-hybridized carbons (Fsp3) is 0.312. The van der Waals surface area contributed by atoms with E-state index in [1.165, 1.54) is 0 Å². The molecule has 2 N–H and O–H groups in total. The van der Waals surface area contributed by atoms with Crippen LogP contribution in [0.25, 0.3) is 10.8 Å². The second kappa shape index (κ2) is 6.75. The van der Waals surface area contributed by atoms with E-state index in [1.807, 2.05) is 44.2 Å². The molecule has 0 spiro atoms. The second-order valence-electron chi connectivity index (χ2n) is 6.04. The van der Waals surface area contributed by atoms with Crippen LogP contribution in [0.4, 0.5) is 0 Å². The van der Waals surface area contributed by atoms with Gasteiger partial charge in [0.1, 0.15) is 0 Å². The summed E-state index contributed by atoms with van der Waals surface area (Å²) in [5.74, 6) is 0. The van der Waals surface area contributed by atoms with Crippen LogP contribution in [-0.4, -0.2) is 14.9 Å². The van der Waals surface area contributed by atoms with Crippen LogP contribution in [0.15, 0.2) is 36.4 Å². The molecule has 0 fully saturated rings. The van der Waals surface area contributed by atoms with Gasteiger partial charge in [-0.3, -0.25) is 9.32 Å². The summed E-state index contributed by atoms with van der Waals surface area (Å²) in [5, 5.41) is 1.67. The minimum atomic E-state index is -4.57. The Morgan fingerprint density at radius 2 is 1.87 bits per heavy atom. The van der Waals surface area contributed by atoms with Crippen molar-refractivity contribution in [2.24, 2.45) is 0 Å². The van der Waals surface area contributed by atoms with Gasteiger partial charge in [-0.2, -0.15) is 0 Å². The van der Waals surface area contributed by atoms with Crippen LogP contribution in [-0.2, 0) is 25.9 Å². The molecule has 2 aromatic carbocycles. The van der Waals surface area contributed by atoms with Crippen molar-refractivity contribution in [1.82, 2.24) is 0 Å². The average Bonchev–Trinajstić information content (AvgIpc) is 2.42. The van der Waals surface area contributed by atoms with Gasteiger partial charge in [-0.1, -0.05) is 50.2 Å². The van der Waals surface area contributed by atoms with Gasteiger partial charge in [0.15, 0.2) is 5.12 Å². The van der Waals surface area contributed by atoms with Gasteiger partial charge in [0.25, 0.3) is 0 Å². The number of hydrogen-bond acceptors (Lipinski definition) is 3. The third kappa shape index (κ3) is 4.66. The minimum Gasteiger partial charge on any atom is -0.303 e. The predicted molar refractivity (Wildman–Crippen MR) is 92.4 cm³/mol.